The van der Waals surface area contributed by atoms with E-state index in [-0.39, 0.29) is 11.6 Å². The van der Waals surface area contributed by atoms with Crippen LogP contribution < -0.4 is 15.9 Å². The number of carbonyl (C=O) groups is 1. The van der Waals surface area contributed by atoms with Crippen molar-refractivity contribution in [3.8, 4) is 0 Å². The standard InChI is InChI=1S/C23H24N6O2/c1-24-22(30)17-4-6-18(7-5-17)28-11-9-27(10-12-28)15-16-13-19-21(25-14-16)20-3-2-8-29(20)23(31)26-19/h2-8,13-14H,9-12,15H2,1H3,(H,24,30)(H,26,31). The molecule has 8 heteroatoms. The van der Waals surface area contributed by atoms with E-state index >= 15 is 0 Å². The minimum absolute atomic E-state index is 0.0700. The number of pyridine rings is 1. The maximum atomic E-state index is 12.2. The SMILES string of the molecule is CNC(=O)c1ccc(N2CCN(Cc3cnc4c(c3)[nH]c(=O)n3cccc43)CC2)cc1. The molecule has 4 heterocycles. The van der Waals surface area contributed by atoms with E-state index in [0.717, 1.165) is 60.5 Å². The first-order chi connectivity index (χ1) is 15.1. The zero-order chi connectivity index (χ0) is 21.4. The number of anilines is 1. The number of aromatic nitrogens is 3. The van der Waals surface area contributed by atoms with Crippen molar-refractivity contribution in [3.05, 3.63) is 76.5 Å². The molecule has 1 aliphatic heterocycles. The lowest BCUT2D eigenvalue weighted by atomic mass is 10.1. The average Bonchev–Trinajstić information content (AvgIpc) is 3.30. The van der Waals surface area contributed by atoms with Gasteiger partial charge in [0.05, 0.1) is 11.0 Å². The van der Waals surface area contributed by atoms with E-state index in [1.54, 1.807) is 17.6 Å². The normalized spacial score (nSPS) is 14.9. The van der Waals surface area contributed by atoms with Gasteiger partial charge in [0.15, 0.2) is 0 Å². The molecule has 1 aromatic carbocycles. The third-order valence-electron chi connectivity index (χ3n) is 5.90. The van der Waals surface area contributed by atoms with Crippen LogP contribution in [0.15, 0.2) is 59.7 Å². The number of fused-ring (bicyclic) bond motifs is 3. The number of hydrogen-bond donors (Lipinski definition) is 2. The summed E-state index contributed by atoms with van der Waals surface area (Å²) in [7, 11) is 1.64. The molecule has 0 saturated carbocycles. The molecule has 3 aromatic heterocycles. The van der Waals surface area contributed by atoms with Crippen LogP contribution in [0.5, 0.6) is 0 Å². The molecule has 1 fully saturated rings. The van der Waals surface area contributed by atoms with E-state index in [1.165, 1.54) is 0 Å². The minimum atomic E-state index is -0.150. The van der Waals surface area contributed by atoms with Gasteiger partial charge in [0.1, 0.15) is 5.52 Å². The Hall–Kier alpha value is -3.65. The van der Waals surface area contributed by atoms with Gasteiger partial charge in [-0.2, -0.15) is 0 Å². The van der Waals surface area contributed by atoms with Gasteiger partial charge in [-0.1, -0.05) is 0 Å². The maximum absolute atomic E-state index is 12.2. The van der Waals surface area contributed by atoms with Gasteiger partial charge in [-0.05, 0) is 48.0 Å². The molecule has 0 unspecified atom stereocenters. The van der Waals surface area contributed by atoms with Gasteiger partial charge in [0.25, 0.3) is 5.91 Å². The Kier molecular flexibility index (Phi) is 4.91. The Labute approximate surface area is 179 Å². The van der Waals surface area contributed by atoms with E-state index < -0.39 is 0 Å². The largest absolute Gasteiger partial charge is 0.369 e. The first-order valence-electron chi connectivity index (χ1n) is 10.4. The highest BCUT2D eigenvalue weighted by Crippen LogP contribution is 2.20. The van der Waals surface area contributed by atoms with Gasteiger partial charge >= 0.3 is 5.69 Å². The van der Waals surface area contributed by atoms with Crippen molar-refractivity contribution in [1.82, 2.24) is 24.6 Å². The van der Waals surface area contributed by atoms with Gasteiger partial charge in [0.2, 0.25) is 0 Å². The Morgan fingerprint density at radius 1 is 1.13 bits per heavy atom. The molecule has 0 aliphatic carbocycles. The smallest absolute Gasteiger partial charge is 0.330 e. The molecule has 0 bridgehead atoms. The van der Waals surface area contributed by atoms with E-state index in [2.05, 4.69) is 25.1 Å². The van der Waals surface area contributed by atoms with Crippen molar-refractivity contribution in [3.63, 3.8) is 0 Å². The number of aromatic amines is 1. The molecule has 158 valence electrons. The molecule has 0 radical (unpaired) electrons. The van der Waals surface area contributed by atoms with Crippen LogP contribution in [0.25, 0.3) is 16.6 Å². The zero-order valence-corrected chi connectivity index (χ0v) is 17.3. The second-order valence-electron chi connectivity index (χ2n) is 7.82. The number of H-pyrrole nitrogens is 1. The predicted octanol–water partition coefficient (Wildman–Crippen LogP) is 1.86. The summed E-state index contributed by atoms with van der Waals surface area (Å²) in [6, 6.07) is 13.5. The lowest BCUT2D eigenvalue weighted by molar-refractivity contribution is 0.0963. The molecule has 0 atom stereocenters. The summed E-state index contributed by atoms with van der Waals surface area (Å²) in [5, 5.41) is 2.65. The van der Waals surface area contributed by atoms with E-state index in [4.69, 9.17) is 0 Å². The van der Waals surface area contributed by atoms with Crippen molar-refractivity contribution >= 4 is 28.1 Å². The Bertz CT molecular complexity index is 1300. The Morgan fingerprint density at radius 3 is 2.65 bits per heavy atom. The summed E-state index contributed by atoms with van der Waals surface area (Å²) in [5.74, 6) is -0.0700. The van der Waals surface area contributed by atoms with Crippen LogP contribution in [-0.2, 0) is 6.54 Å². The maximum Gasteiger partial charge on any atom is 0.330 e. The molecule has 1 aliphatic rings. The highest BCUT2D eigenvalue weighted by molar-refractivity contribution is 5.94. The topological polar surface area (TPSA) is 85.7 Å². The van der Waals surface area contributed by atoms with Crippen molar-refractivity contribution in [2.45, 2.75) is 6.54 Å². The number of nitrogens with one attached hydrogen (secondary N) is 2. The number of amides is 1. The van der Waals surface area contributed by atoms with Crippen LogP contribution in [0.1, 0.15) is 15.9 Å². The summed E-state index contributed by atoms with van der Waals surface area (Å²) in [6.45, 7) is 4.50. The van der Waals surface area contributed by atoms with Crippen LogP contribution in [0, 0.1) is 0 Å². The Balaban J connectivity index is 1.26. The van der Waals surface area contributed by atoms with Crippen molar-refractivity contribution in [2.24, 2.45) is 0 Å². The second kappa shape index (κ2) is 7.88. The quantitative estimate of drug-likeness (QED) is 0.530. The number of rotatable bonds is 4. The summed E-state index contributed by atoms with van der Waals surface area (Å²) >= 11 is 0. The van der Waals surface area contributed by atoms with Crippen LogP contribution in [0.3, 0.4) is 0 Å². The zero-order valence-electron chi connectivity index (χ0n) is 17.3. The molecule has 0 spiro atoms. The number of benzene rings is 1. The number of nitrogens with zero attached hydrogens (tertiary/aromatic N) is 4. The summed E-state index contributed by atoms with van der Waals surface area (Å²) < 4.78 is 1.58. The molecular weight excluding hydrogens is 392 g/mol. The Morgan fingerprint density at radius 2 is 1.90 bits per heavy atom. The first kappa shape index (κ1) is 19.3. The lowest BCUT2D eigenvalue weighted by Crippen LogP contribution is -2.46. The fraction of sp³-hybridized carbons (Fsp3) is 0.261. The summed E-state index contributed by atoms with van der Waals surface area (Å²) in [4.78, 5) is 36.2. The predicted molar refractivity (Wildman–Crippen MR) is 121 cm³/mol. The molecule has 5 rings (SSSR count). The van der Waals surface area contributed by atoms with Crippen LogP contribution >= 0.6 is 0 Å². The van der Waals surface area contributed by atoms with E-state index in [1.807, 2.05) is 48.7 Å². The fourth-order valence-corrected chi connectivity index (χ4v) is 4.21. The number of piperazine rings is 1. The molecular formula is C23H24N6O2. The minimum Gasteiger partial charge on any atom is -0.369 e. The second-order valence-corrected chi connectivity index (χ2v) is 7.82. The monoisotopic (exact) mass is 416 g/mol. The van der Waals surface area contributed by atoms with Gasteiger partial charge in [-0.15, -0.1) is 0 Å². The third kappa shape index (κ3) is 3.66. The molecule has 2 N–H and O–H groups in total. The van der Waals surface area contributed by atoms with E-state index in [0.29, 0.717) is 5.56 Å². The van der Waals surface area contributed by atoms with Crippen molar-refractivity contribution < 1.29 is 4.79 Å². The van der Waals surface area contributed by atoms with Gasteiger partial charge in [-0.25, -0.2) is 4.79 Å². The molecule has 4 aromatic rings. The molecule has 8 nitrogen and oxygen atoms in total. The third-order valence-corrected chi connectivity index (χ3v) is 5.90. The van der Waals surface area contributed by atoms with Gasteiger partial charge < -0.3 is 15.2 Å². The van der Waals surface area contributed by atoms with E-state index in [9.17, 15) is 9.59 Å². The number of carbonyl (C=O) groups excluding carboxylic acids is 1. The van der Waals surface area contributed by atoms with Crippen LogP contribution in [-0.4, -0.2) is 58.4 Å². The van der Waals surface area contributed by atoms with Crippen molar-refractivity contribution in [1.29, 1.82) is 0 Å². The lowest BCUT2D eigenvalue weighted by Gasteiger charge is -2.36. The molecule has 1 amide bonds. The van der Waals surface area contributed by atoms with Crippen LogP contribution in [0.4, 0.5) is 5.69 Å². The highest BCUT2D eigenvalue weighted by Gasteiger charge is 2.18. The molecule has 1 saturated heterocycles. The first-order valence-corrected chi connectivity index (χ1v) is 10.4. The van der Waals surface area contributed by atoms with Crippen LogP contribution in [0.2, 0.25) is 0 Å². The van der Waals surface area contributed by atoms with Gasteiger partial charge in [-0.3, -0.25) is 19.1 Å². The van der Waals surface area contributed by atoms with Gasteiger partial charge in [0, 0.05) is 63.4 Å². The summed E-state index contributed by atoms with van der Waals surface area (Å²) in [6.07, 6.45) is 3.65. The molecule has 31 heavy (non-hydrogen) atoms. The highest BCUT2D eigenvalue weighted by atomic mass is 16.1. The fourth-order valence-electron chi connectivity index (χ4n) is 4.21. The average molecular weight is 416 g/mol. The number of hydrogen-bond acceptors (Lipinski definition) is 5. The van der Waals surface area contributed by atoms with Crippen molar-refractivity contribution in [2.75, 3.05) is 38.1 Å². The summed E-state index contributed by atoms with van der Waals surface area (Å²) in [5.41, 5.74) is 5.13.